The van der Waals surface area contributed by atoms with E-state index in [-0.39, 0.29) is 0 Å². The van der Waals surface area contributed by atoms with E-state index in [2.05, 4.69) is 108 Å². The number of benzene rings is 6. The van der Waals surface area contributed by atoms with Gasteiger partial charge in [0.05, 0.1) is 11.2 Å². The van der Waals surface area contributed by atoms with Crippen LogP contribution in [-0.4, -0.2) is 9.38 Å². The van der Waals surface area contributed by atoms with Crippen LogP contribution < -0.4 is 15.9 Å². The molecule has 8 rings (SSSR count). The standard InChI is InChI=1S/C39H29N2OP.C2H6/c1-3-10-37-26(2)41-38-16-9-8-15-35(38)34-22-21-33(25-36(34)39(41)40-37)43(42,31-19-17-27-11-4-6-13-29(27)23-31)32-20-18-28-12-5-7-14-30(28)24-32;1-2/h3-25H,1-2H3;1-2H3/b10-3-;. The average molecular weight is 603 g/mol. The topological polar surface area (TPSA) is 34.4 Å². The second-order valence-electron chi connectivity index (χ2n) is 11.2. The minimum atomic E-state index is -3.30. The second kappa shape index (κ2) is 11.5. The van der Waals surface area contributed by atoms with Crippen LogP contribution >= 0.6 is 7.14 Å². The number of allylic oxidation sites excluding steroid dienone is 1. The molecule has 4 heteroatoms. The van der Waals surface area contributed by atoms with E-state index in [0.717, 1.165) is 76.2 Å². The number of aromatic nitrogens is 2. The molecule has 3 nitrogen and oxygen atoms in total. The maximum Gasteiger partial charge on any atom is 0.171 e. The summed E-state index contributed by atoms with van der Waals surface area (Å²) in [6, 6.07) is 43.8. The summed E-state index contributed by atoms with van der Waals surface area (Å²) >= 11 is 0. The summed E-state index contributed by atoms with van der Waals surface area (Å²) in [7, 11) is -3.30. The van der Waals surface area contributed by atoms with Gasteiger partial charge >= 0.3 is 0 Å². The SMILES string of the molecule is C/C=C\c1nc2c3cc(P(=O)(c4ccc5ccccc5c4)c4ccc5ccccc5c4)ccc3c3ccccc3n2c1C.CC. The Morgan fingerprint density at radius 1 is 0.600 bits per heavy atom. The summed E-state index contributed by atoms with van der Waals surface area (Å²) in [5.74, 6) is 0. The van der Waals surface area contributed by atoms with Gasteiger partial charge in [-0.1, -0.05) is 123 Å². The van der Waals surface area contributed by atoms with Crippen LogP contribution in [0.4, 0.5) is 0 Å². The molecule has 6 aromatic carbocycles. The number of hydrogen-bond acceptors (Lipinski definition) is 2. The van der Waals surface area contributed by atoms with Crippen LogP contribution in [-0.2, 0) is 4.57 Å². The van der Waals surface area contributed by atoms with Gasteiger partial charge in [-0.15, -0.1) is 0 Å². The zero-order valence-corrected chi connectivity index (χ0v) is 26.9. The molecule has 0 aliphatic heterocycles. The lowest BCUT2D eigenvalue weighted by Crippen LogP contribution is -2.25. The first-order valence-corrected chi connectivity index (χ1v) is 17.3. The molecular weight excluding hydrogens is 567 g/mol. The molecule has 45 heavy (non-hydrogen) atoms. The van der Waals surface area contributed by atoms with Crippen LogP contribution in [0, 0.1) is 6.92 Å². The summed E-state index contributed by atoms with van der Waals surface area (Å²) < 4.78 is 18.1. The van der Waals surface area contributed by atoms with Crippen LogP contribution in [0.3, 0.4) is 0 Å². The van der Waals surface area contributed by atoms with Gasteiger partial charge in [-0.2, -0.15) is 0 Å². The van der Waals surface area contributed by atoms with Gasteiger partial charge in [0.15, 0.2) is 7.14 Å². The lowest BCUT2D eigenvalue weighted by molar-refractivity contribution is 0.592. The van der Waals surface area contributed by atoms with Crippen molar-refractivity contribution < 1.29 is 4.57 Å². The number of rotatable bonds is 4. The Kier molecular flexibility index (Phi) is 7.36. The Morgan fingerprint density at radius 2 is 1.13 bits per heavy atom. The number of fused-ring (bicyclic) bond motifs is 8. The molecule has 0 unspecified atom stereocenters. The molecule has 0 saturated heterocycles. The van der Waals surface area contributed by atoms with Crippen LogP contribution in [0.15, 0.2) is 133 Å². The van der Waals surface area contributed by atoms with Gasteiger partial charge < -0.3 is 4.57 Å². The van der Waals surface area contributed by atoms with Gasteiger partial charge in [0.1, 0.15) is 5.65 Å². The summed E-state index contributed by atoms with van der Waals surface area (Å²) in [5.41, 5.74) is 4.03. The maximum absolute atomic E-state index is 15.9. The Labute approximate surface area is 263 Å². The molecule has 0 aliphatic rings. The highest BCUT2D eigenvalue weighted by Gasteiger charge is 2.31. The van der Waals surface area contributed by atoms with Crippen LogP contribution in [0.2, 0.25) is 0 Å². The van der Waals surface area contributed by atoms with Crippen molar-refractivity contribution in [3.05, 3.63) is 145 Å². The van der Waals surface area contributed by atoms with Gasteiger partial charge in [0.25, 0.3) is 0 Å². The molecule has 2 aromatic heterocycles. The molecule has 0 atom stereocenters. The van der Waals surface area contributed by atoms with E-state index in [0.29, 0.717) is 0 Å². The van der Waals surface area contributed by atoms with Crippen LogP contribution in [0.5, 0.6) is 0 Å². The number of hydrogen-bond donors (Lipinski definition) is 0. The van der Waals surface area contributed by atoms with E-state index in [1.807, 2.05) is 63.2 Å². The second-order valence-corrected chi connectivity index (χ2v) is 13.9. The quantitative estimate of drug-likeness (QED) is 0.148. The number of nitrogens with zero attached hydrogens (tertiary/aromatic N) is 2. The predicted molar refractivity (Wildman–Crippen MR) is 195 cm³/mol. The largest absolute Gasteiger partial charge is 0.309 e. The highest BCUT2D eigenvalue weighted by atomic mass is 31.2. The highest BCUT2D eigenvalue weighted by Crippen LogP contribution is 2.45. The molecule has 0 amide bonds. The molecule has 2 heterocycles. The monoisotopic (exact) mass is 602 g/mol. The first-order chi connectivity index (χ1) is 22.1. The highest BCUT2D eigenvalue weighted by molar-refractivity contribution is 7.85. The van der Waals surface area contributed by atoms with Gasteiger partial charge in [-0.3, -0.25) is 4.40 Å². The summed E-state index contributed by atoms with van der Waals surface area (Å²) in [5, 5.41) is 10.1. The Bertz CT molecular complexity index is 2390. The third-order valence-electron chi connectivity index (χ3n) is 8.70. The number of imidazole rings is 1. The van der Waals surface area contributed by atoms with E-state index in [1.165, 1.54) is 0 Å². The molecule has 0 aliphatic carbocycles. The van der Waals surface area contributed by atoms with Gasteiger partial charge in [0, 0.05) is 32.4 Å². The summed E-state index contributed by atoms with van der Waals surface area (Å²) in [6.07, 6.45) is 4.08. The van der Waals surface area contributed by atoms with Crippen molar-refractivity contribution >= 4 is 78.0 Å². The molecule has 0 N–H and O–H groups in total. The molecule has 0 spiro atoms. The molecular formula is C41H35N2OP. The van der Waals surface area contributed by atoms with E-state index in [9.17, 15) is 0 Å². The fraction of sp³-hybridized carbons (Fsp3) is 0.0976. The smallest absolute Gasteiger partial charge is 0.171 e. The van der Waals surface area contributed by atoms with Gasteiger partial charge in [-0.05, 0) is 71.1 Å². The summed E-state index contributed by atoms with van der Waals surface area (Å²) in [6.45, 7) is 8.13. The minimum Gasteiger partial charge on any atom is -0.309 e. The minimum absolute atomic E-state index is 0.802. The normalized spacial score (nSPS) is 12.0. The van der Waals surface area contributed by atoms with E-state index >= 15 is 4.57 Å². The molecule has 0 radical (unpaired) electrons. The zero-order valence-electron chi connectivity index (χ0n) is 26.0. The first kappa shape index (κ1) is 28.8. The Morgan fingerprint density at radius 3 is 1.76 bits per heavy atom. The van der Waals surface area contributed by atoms with E-state index < -0.39 is 7.14 Å². The number of para-hydroxylation sites is 1. The van der Waals surface area contributed by atoms with Crippen molar-refractivity contribution in [1.29, 1.82) is 0 Å². The van der Waals surface area contributed by atoms with Crippen molar-refractivity contribution in [2.75, 3.05) is 0 Å². The van der Waals surface area contributed by atoms with Crippen LogP contribution in [0.25, 0.3) is 54.9 Å². The van der Waals surface area contributed by atoms with Gasteiger partial charge in [0.2, 0.25) is 0 Å². The van der Waals surface area contributed by atoms with Crippen molar-refractivity contribution in [3.8, 4) is 0 Å². The fourth-order valence-corrected chi connectivity index (χ4v) is 9.25. The molecule has 0 bridgehead atoms. The Balaban J connectivity index is 0.00000160. The van der Waals surface area contributed by atoms with Crippen molar-refractivity contribution in [2.45, 2.75) is 27.7 Å². The number of pyridine rings is 1. The zero-order chi connectivity index (χ0) is 31.1. The van der Waals surface area contributed by atoms with E-state index in [1.54, 1.807) is 0 Å². The first-order valence-electron chi connectivity index (χ1n) is 15.6. The average Bonchev–Trinajstić information content (AvgIpc) is 3.44. The third-order valence-corrected chi connectivity index (χ3v) is 11.7. The Hall–Kier alpha value is -4.98. The number of aryl methyl sites for hydroxylation is 1. The predicted octanol–water partition coefficient (Wildman–Crippen LogP) is 9.95. The van der Waals surface area contributed by atoms with Crippen molar-refractivity contribution in [2.24, 2.45) is 0 Å². The third kappa shape index (κ3) is 4.58. The molecule has 0 fully saturated rings. The van der Waals surface area contributed by atoms with Crippen LogP contribution in [0.1, 0.15) is 32.2 Å². The fourth-order valence-electron chi connectivity index (χ4n) is 6.55. The molecule has 220 valence electrons. The van der Waals surface area contributed by atoms with Gasteiger partial charge in [-0.25, -0.2) is 4.98 Å². The van der Waals surface area contributed by atoms with Crippen molar-refractivity contribution in [1.82, 2.24) is 9.38 Å². The lowest BCUT2D eigenvalue weighted by atomic mass is 10.1. The van der Waals surface area contributed by atoms with Crippen molar-refractivity contribution in [3.63, 3.8) is 0 Å². The maximum atomic E-state index is 15.9. The molecule has 8 aromatic rings. The summed E-state index contributed by atoms with van der Waals surface area (Å²) in [4.78, 5) is 5.12. The lowest BCUT2D eigenvalue weighted by Gasteiger charge is -2.22. The molecule has 0 saturated carbocycles. The van der Waals surface area contributed by atoms with E-state index in [4.69, 9.17) is 4.98 Å².